The van der Waals surface area contributed by atoms with Crippen LogP contribution in [-0.2, 0) is 0 Å². The van der Waals surface area contributed by atoms with Crippen LogP contribution in [0.15, 0.2) is 0 Å². The number of hydrogen-bond donors (Lipinski definition) is 0. The summed E-state index contributed by atoms with van der Waals surface area (Å²) in [6, 6.07) is 0. The molecule has 6 saturated heterocycles. The molecule has 0 nitrogen and oxygen atoms in total. The molecule has 6 heterocycles. The molecule has 10 unspecified atom stereocenters. The lowest BCUT2D eigenvalue weighted by Crippen LogP contribution is -3.30. The first-order valence-electron chi connectivity index (χ1n) is 9.81. The van der Waals surface area contributed by atoms with Gasteiger partial charge in [0.05, 0.1) is 24.2 Å². The van der Waals surface area contributed by atoms with Gasteiger partial charge in [-0.25, -0.2) is 0 Å². The third kappa shape index (κ3) is 0.542. The first-order valence-corrected chi connectivity index (χ1v) is 24.3. The lowest BCUT2D eigenvalue weighted by atomic mass is 10.5. The highest BCUT2D eigenvalue weighted by molar-refractivity contribution is 7.74. The quantitative estimate of drug-likeness (QED) is 0.540. The minimum Gasteiger partial charge on any atom is -0.0722 e. The van der Waals surface area contributed by atoms with E-state index in [4.69, 9.17) is 0 Å². The van der Waals surface area contributed by atoms with Crippen LogP contribution in [0.5, 0.6) is 0 Å². The lowest BCUT2D eigenvalue weighted by Gasteiger charge is -3.22. The van der Waals surface area contributed by atoms with E-state index in [0.717, 1.165) is 13.2 Å². The minimum atomic E-state index is -0.996. The van der Waals surface area contributed by atoms with Gasteiger partial charge in [0, 0.05) is 25.7 Å². The van der Waals surface area contributed by atoms with Crippen LogP contribution in [-0.4, -0.2) is 49.9 Å². The summed E-state index contributed by atoms with van der Waals surface area (Å²) < 4.78 is 4.45. The zero-order valence-corrected chi connectivity index (χ0v) is 22.6. The minimum absolute atomic E-state index is 0.304. The molecule has 6 fully saturated rings. The van der Waals surface area contributed by atoms with Crippen molar-refractivity contribution in [1.29, 1.82) is 0 Å². The predicted octanol–water partition coefficient (Wildman–Crippen LogP) is 4.20. The van der Waals surface area contributed by atoms with Crippen LogP contribution in [0.25, 0.3) is 0 Å². The van der Waals surface area contributed by atoms with Crippen molar-refractivity contribution in [2.45, 2.75) is 94.4 Å². The van der Waals surface area contributed by atoms with Gasteiger partial charge in [0.2, 0.25) is 0 Å². The molecule has 0 aromatic carbocycles. The average molecular weight is 395 g/mol. The summed E-state index contributed by atoms with van der Waals surface area (Å²) in [4.78, 5) is 1.58. The van der Waals surface area contributed by atoms with Gasteiger partial charge in [0.15, 0.2) is 0 Å². The second kappa shape index (κ2) is 2.69. The summed E-state index contributed by atoms with van der Waals surface area (Å²) in [5.74, 6) is 0. The van der Waals surface area contributed by atoms with E-state index >= 15 is 0 Å². The fourth-order valence-corrected chi connectivity index (χ4v) is 156. The van der Waals surface area contributed by atoms with E-state index in [1.54, 1.807) is 4.79 Å². The Morgan fingerprint density at radius 2 is 1.50 bits per heavy atom. The molecule has 0 aromatic heterocycles. The van der Waals surface area contributed by atoms with E-state index in [1.165, 1.54) is 9.07 Å². The van der Waals surface area contributed by atoms with E-state index in [9.17, 15) is 0 Å². The van der Waals surface area contributed by atoms with Gasteiger partial charge in [-0.1, -0.05) is 77.3 Å². The van der Waals surface area contributed by atoms with E-state index in [-0.39, 0.29) is 17.6 Å². The van der Waals surface area contributed by atoms with Gasteiger partial charge in [-0.05, 0) is 17.1 Å². The standard InChI is InChI=1S/C16H34Si6/c1-11-18-12-17(6)14(4)19(7,8)15(5)21(10)13(2,3)20(11,9)16(18,21)22(12,14)15/h11-12,17-18H,1-10H3. The van der Waals surface area contributed by atoms with Gasteiger partial charge in [-0.2, -0.15) is 0 Å². The van der Waals surface area contributed by atoms with Crippen molar-refractivity contribution in [3.05, 3.63) is 0 Å². The molecule has 22 heavy (non-hydrogen) atoms. The largest absolute Gasteiger partial charge is 0.0722 e. The van der Waals surface area contributed by atoms with Crippen molar-refractivity contribution in [3.63, 3.8) is 0 Å². The average Bonchev–Trinajstić information content (AvgIpc) is 2.43. The van der Waals surface area contributed by atoms with Gasteiger partial charge < -0.3 is 0 Å². The fraction of sp³-hybridized carbons (Fsp3) is 1.00. The highest BCUT2D eigenvalue weighted by Crippen LogP contribution is 3.18. The van der Waals surface area contributed by atoms with Crippen molar-refractivity contribution in [3.8, 4) is 0 Å². The Morgan fingerprint density at radius 1 is 0.955 bits per heavy atom. The summed E-state index contributed by atoms with van der Waals surface area (Å²) in [7, 11) is -4.42. The first kappa shape index (κ1) is 14.5. The molecule has 6 rings (SSSR count). The number of fused-ring (bicyclic) bond motifs is 2. The van der Waals surface area contributed by atoms with E-state index in [0.29, 0.717) is 0 Å². The number of hydrogen-bond acceptors (Lipinski definition) is 0. The van der Waals surface area contributed by atoms with Crippen LogP contribution in [0.3, 0.4) is 0 Å². The molecule has 0 N–H and O–H groups in total. The molecule has 10 atom stereocenters. The maximum absolute atomic E-state index is 3.01. The van der Waals surface area contributed by atoms with E-state index in [1.807, 2.05) is 0 Å². The zero-order valence-electron chi connectivity index (χ0n) is 16.3. The van der Waals surface area contributed by atoms with Gasteiger partial charge in [-0.15, -0.1) is 0 Å². The molecular weight excluding hydrogens is 361 g/mol. The Balaban J connectivity index is 1.70. The SMILES string of the molecule is CC1[SiH]2C3[SiH](C)C4(C)[Si](C)(C)C5(C)[Si]6(C)C(C)(C)[Si]1(C)C26[Si]345. The highest BCUT2D eigenvalue weighted by atomic mass is 28.7. The van der Waals surface area contributed by atoms with Crippen molar-refractivity contribution in [1.82, 2.24) is 0 Å². The maximum Gasteiger partial charge on any atom is 0.0523 e. The Kier molecular flexibility index (Phi) is 1.77. The zero-order chi connectivity index (χ0) is 16.3. The summed E-state index contributed by atoms with van der Waals surface area (Å²) in [6.07, 6.45) is 0. The predicted molar refractivity (Wildman–Crippen MR) is 113 cm³/mol. The lowest BCUT2D eigenvalue weighted by molar-refractivity contribution is 0.502. The second-order valence-electron chi connectivity index (χ2n) is 12.1. The van der Waals surface area contributed by atoms with Gasteiger partial charge in [-0.3, -0.25) is 0 Å². The van der Waals surface area contributed by atoms with Gasteiger partial charge >= 0.3 is 0 Å². The molecule has 2 spiro atoms. The topological polar surface area (TPSA) is 0 Å². The molecule has 0 saturated carbocycles. The van der Waals surface area contributed by atoms with Crippen molar-refractivity contribution < 1.29 is 0 Å². The van der Waals surface area contributed by atoms with Crippen molar-refractivity contribution >= 4 is 49.9 Å². The smallest absolute Gasteiger partial charge is 0.0523 e. The summed E-state index contributed by atoms with van der Waals surface area (Å²) in [6.45, 7) is 29.0. The molecule has 122 valence electrons. The molecule has 6 heteroatoms. The molecule has 0 bridgehead atoms. The fourth-order valence-electron chi connectivity index (χ4n) is 13.6. The molecule has 6 aliphatic heterocycles. The molecular formula is C16H34Si6. The van der Waals surface area contributed by atoms with E-state index < -0.39 is 32.3 Å². The first-order chi connectivity index (χ1) is 9.81. The monoisotopic (exact) mass is 394 g/mol. The normalized spacial score (nSPS) is 82.1. The Bertz CT molecular complexity index is 659. The van der Waals surface area contributed by atoms with Gasteiger partial charge in [0.1, 0.15) is 0 Å². The highest BCUT2D eigenvalue weighted by Gasteiger charge is 3.22. The Hall–Kier alpha value is 1.30. The third-order valence-electron chi connectivity index (χ3n) is 14.2. The molecule has 0 aromatic rings. The molecule has 0 aliphatic carbocycles. The van der Waals surface area contributed by atoms with Crippen LogP contribution >= 0.6 is 0 Å². The van der Waals surface area contributed by atoms with Crippen LogP contribution in [0, 0.1) is 0 Å². The van der Waals surface area contributed by atoms with Crippen molar-refractivity contribution in [2.75, 3.05) is 0 Å². The van der Waals surface area contributed by atoms with Crippen molar-refractivity contribution in [2.24, 2.45) is 0 Å². The number of rotatable bonds is 0. The third-order valence-corrected chi connectivity index (χ3v) is 92.2. The maximum atomic E-state index is 3.01. The van der Waals surface area contributed by atoms with Crippen LogP contribution < -0.4 is 0 Å². The Labute approximate surface area is 144 Å². The summed E-state index contributed by atoms with van der Waals surface area (Å²) >= 11 is 0. The molecule has 0 amide bonds. The van der Waals surface area contributed by atoms with Crippen LogP contribution in [0.2, 0.25) is 59.8 Å². The van der Waals surface area contributed by atoms with Crippen LogP contribution in [0.1, 0.15) is 34.6 Å². The molecule has 6 aliphatic rings. The van der Waals surface area contributed by atoms with Gasteiger partial charge in [0.25, 0.3) is 0 Å². The Morgan fingerprint density at radius 3 is 2.05 bits per heavy atom. The second-order valence-corrected chi connectivity index (χ2v) is 49.9. The van der Waals surface area contributed by atoms with E-state index in [2.05, 4.69) is 67.4 Å². The summed E-state index contributed by atoms with van der Waals surface area (Å²) in [5.41, 5.74) is 0. The van der Waals surface area contributed by atoms with Crippen LogP contribution in [0.4, 0.5) is 0 Å². The molecule has 0 radical (unpaired) electrons. The summed E-state index contributed by atoms with van der Waals surface area (Å²) in [5, 5.41) is 1.35.